The number of anilines is 3. The second-order valence-electron chi connectivity index (χ2n) is 4.09. The summed E-state index contributed by atoms with van der Waals surface area (Å²) in [5.41, 5.74) is 0.656. The summed E-state index contributed by atoms with van der Waals surface area (Å²) in [7, 11) is -3.36. The third-order valence-electron chi connectivity index (χ3n) is 2.44. The molecule has 0 aliphatic carbocycles. The fourth-order valence-corrected chi connectivity index (χ4v) is 2.56. The summed E-state index contributed by atoms with van der Waals surface area (Å²) < 4.78 is 25.1. The van der Waals surface area contributed by atoms with E-state index in [1.807, 2.05) is 0 Å². The van der Waals surface area contributed by atoms with Gasteiger partial charge in [-0.25, -0.2) is 8.42 Å². The Labute approximate surface area is 132 Å². The number of halogens is 2. The van der Waals surface area contributed by atoms with Crippen LogP contribution in [0.2, 0.25) is 10.0 Å². The van der Waals surface area contributed by atoms with Gasteiger partial charge in [-0.1, -0.05) is 23.2 Å². The van der Waals surface area contributed by atoms with Gasteiger partial charge in [0.25, 0.3) is 0 Å². The molecule has 1 aromatic carbocycles. The molecule has 0 atom stereocenters. The van der Waals surface area contributed by atoms with Crippen LogP contribution in [-0.4, -0.2) is 24.4 Å². The summed E-state index contributed by atoms with van der Waals surface area (Å²) in [6.07, 6.45) is 0. The molecule has 0 aliphatic heterocycles. The Morgan fingerprint density at radius 2 is 1.62 bits per heavy atom. The van der Waals surface area contributed by atoms with Crippen LogP contribution in [0.3, 0.4) is 0 Å². The summed E-state index contributed by atoms with van der Waals surface area (Å²) in [5.74, 6) is 0.565. The lowest BCUT2D eigenvalue weighted by atomic mass is 10.3. The fourth-order valence-electron chi connectivity index (χ4n) is 1.46. The highest BCUT2D eigenvalue weighted by Gasteiger charge is 2.08. The second-order valence-corrected chi connectivity index (χ2v) is 6.98. The average Bonchev–Trinajstić information content (AvgIpc) is 2.39. The molecule has 9 heteroatoms. The first-order valence-electron chi connectivity index (χ1n) is 5.95. The molecule has 0 unspecified atom stereocenters. The third kappa shape index (κ3) is 4.73. The van der Waals surface area contributed by atoms with Gasteiger partial charge in [0.15, 0.2) is 11.6 Å². The van der Waals surface area contributed by atoms with Crippen LogP contribution >= 0.6 is 23.2 Å². The van der Waals surface area contributed by atoms with Crippen molar-refractivity contribution in [1.82, 2.24) is 10.2 Å². The number of hydrogen-bond acceptors (Lipinski definition) is 5. The van der Waals surface area contributed by atoms with Crippen LogP contribution in [0.4, 0.5) is 17.3 Å². The molecule has 112 valence electrons. The average molecular weight is 347 g/mol. The quantitative estimate of drug-likeness (QED) is 0.867. The first-order valence-corrected chi connectivity index (χ1v) is 8.36. The van der Waals surface area contributed by atoms with Crippen LogP contribution in [0.15, 0.2) is 30.3 Å². The Hall–Kier alpha value is -1.57. The van der Waals surface area contributed by atoms with Gasteiger partial charge in [-0.15, -0.1) is 10.2 Å². The molecule has 6 nitrogen and oxygen atoms in total. The largest absolute Gasteiger partial charge is 0.339 e. The summed E-state index contributed by atoms with van der Waals surface area (Å²) in [6.45, 7) is 1.54. The lowest BCUT2D eigenvalue weighted by molar-refractivity contribution is 0.602. The molecule has 0 radical (unpaired) electrons. The zero-order valence-electron chi connectivity index (χ0n) is 11.0. The summed E-state index contributed by atoms with van der Waals surface area (Å²) in [4.78, 5) is 0. The van der Waals surface area contributed by atoms with Crippen molar-refractivity contribution in [2.24, 2.45) is 0 Å². The monoisotopic (exact) mass is 346 g/mol. The van der Waals surface area contributed by atoms with E-state index in [1.54, 1.807) is 24.3 Å². The topological polar surface area (TPSA) is 84.0 Å². The Morgan fingerprint density at radius 3 is 2.14 bits per heavy atom. The van der Waals surface area contributed by atoms with Gasteiger partial charge in [0, 0.05) is 15.7 Å². The van der Waals surface area contributed by atoms with Crippen LogP contribution in [0.5, 0.6) is 0 Å². The summed E-state index contributed by atoms with van der Waals surface area (Å²) in [5, 5.41) is 11.6. The lowest BCUT2D eigenvalue weighted by Gasteiger charge is -2.07. The van der Waals surface area contributed by atoms with Crippen molar-refractivity contribution in [2.45, 2.75) is 6.92 Å². The van der Waals surface area contributed by atoms with Crippen molar-refractivity contribution in [2.75, 3.05) is 15.8 Å². The highest BCUT2D eigenvalue weighted by molar-refractivity contribution is 7.92. The molecule has 0 saturated carbocycles. The molecule has 2 rings (SSSR count). The molecule has 21 heavy (non-hydrogen) atoms. The van der Waals surface area contributed by atoms with E-state index in [2.05, 4.69) is 20.2 Å². The van der Waals surface area contributed by atoms with E-state index in [0.717, 1.165) is 0 Å². The third-order valence-corrected chi connectivity index (χ3v) is 4.16. The van der Waals surface area contributed by atoms with Crippen molar-refractivity contribution in [3.8, 4) is 0 Å². The van der Waals surface area contributed by atoms with Crippen molar-refractivity contribution >= 4 is 50.5 Å². The van der Waals surface area contributed by atoms with Crippen LogP contribution in [0.25, 0.3) is 0 Å². The van der Waals surface area contributed by atoms with Gasteiger partial charge < -0.3 is 5.32 Å². The van der Waals surface area contributed by atoms with E-state index in [9.17, 15) is 8.42 Å². The lowest BCUT2D eigenvalue weighted by Crippen LogP contribution is -2.15. The molecule has 2 aromatic rings. The Balaban J connectivity index is 2.12. The maximum Gasteiger partial charge on any atom is 0.233 e. The standard InChI is InChI=1S/C12H12Cl2N4O2S/c1-2-21(19,20)18-12-4-3-11(16-17-12)15-10-6-8(13)5-9(14)7-10/h3-7H,2H2,1H3,(H,15,16)(H,17,18). The molecule has 1 heterocycles. The van der Waals surface area contributed by atoms with Crippen LogP contribution in [-0.2, 0) is 10.0 Å². The minimum absolute atomic E-state index is 0.0320. The number of benzene rings is 1. The maximum atomic E-state index is 11.4. The Kier molecular flexibility index (Phi) is 4.87. The van der Waals surface area contributed by atoms with Gasteiger partial charge in [-0.05, 0) is 37.3 Å². The van der Waals surface area contributed by atoms with Crippen molar-refractivity contribution in [1.29, 1.82) is 0 Å². The van der Waals surface area contributed by atoms with Crippen LogP contribution in [0, 0.1) is 0 Å². The molecule has 0 fully saturated rings. The molecule has 2 N–H and O–H groups in total. The number of hydrogen-bond donors (Lipinski definition) is 2. The van der Waals surface area contributed by atoms with Crippen molar-refractivity contribution < 1.29 is 8.42 Å². The Morgan fingerprint density at radius 1 is 1.05 bits per heavy atom. The predicted octanol–water partition coefficient (Wildman–Crippen LogP) is 3.29. The molecule has 0 amide bonds. The molecule has 0 spiro atoms. The zero-order valence-corrected chi connectivity index (χ0v) is 13.3. The van der Waals surface area contributed by atoms with Gasteiger partial charge in [0.05, 0.1) is 5.75 Å². The second kappa shape index (κ2) is 6.46. The summed E-state index contributed by atoms with van der Waals surface area (Å²) in [6, 6.07) is 8.08. The molecule has 1 aromatic heterocycles. The van der Waals surface area contributed by atoms with Gasteiger partial charge in [-0.3, -0.25) is 4.72 Å². The van der Waals surface area contributed by atoms with E-state index in [0.29, 0.717) is 21.6 Å². The van der Waals surface area contributed by atoms with E-state index in [1.165, 1.54) is 13.0 Å². The minimum atomic E-state index is -3.36. The molecule has 0 bridgehead atoms. The molecule has 0 aliphatic rings. The smallest absolute Gasteiger partial charge is 0.233 e. The van der Waals surface area contributed by atoms with Gasteiger partial charge in [-0.2, -0.15) is 0 Å². The maximum absolute atomic E-state index is 11.4. The predicted molar refractivity (Wildman–Crippen MR) is 84.9 cm³/mol. The van der Waals surface area contributed by atoms with E-state index < -0.39 is 10.0 Å². The number of aromatic nitrogens is 2. The van der Waals surface area contributed by atoms with Gasteiger partial charge in [0.2, 0.25) is 10.0 Å². The molecular weight excluding hydrogens is 335 g/mol. The van der Waals surface area contributed by atoms with E-state index in [-0.39, 0.29) is 11.6 Å². The van der Waals surface area contributed by atoms with E-state index in [4.69, 9.17) is 23.2 Å². The van der Waals surface area contributed by atoms with Gasteiger partial charge in [0.1, 0.15) is 0 Å². The SMILES string of the molecule is CCS(=O)(=O)Nc1ccc(Nc2cc(Cl)cc(Cl)c2)nn1. The normalized spacial score (nSPS) is 11.2. The summed E-state index contributed by atoms with van der Waals surface area (Å²) >= 11 is 11.8. The molecular formula is C12H12Cl2N4O2S. The van der Waals surface area contributed by atoms with Crippen molar-refractivity contribution in [3.63, 3.8) is 0 Å². The Bertz CT molecular complexity index is 715. The van der Waals surface area contributed by atoms with Crippen LogP contribution < -0.4 is 10.0 Å². The number of nitrogens with one attached hydrogen (secondary N) is 2. The highest BCUT2D eigenvalue weighted by Crippen LogP contribution is 2.24. The first kappa shape index (κ1) is 15.8. The number of sulfonamides is 1. The zero-order chi connectivity index (χ0) is 15.5. The number of rotatable bonds is 5. The van der Waals surface area contributed by atoms with Crippen LogP contribution in [0.1, 0.15) is 6.92 Å². The minimum Gasteiger partial charge on any atom is -0.339 e. The number of nitrogens with zero attached hydrogens (tertiary/aromatic N) is 2. The van der Waals surface area contributed by atoms with Gasteiger partial charge >= 0.3 is 0 Å². The fraction of sp³-hybridized carbons (Fsp3) is 0.167. The van der Waals surface area contributed by atoms with Crippen molar-refractivity contribution in [3.05, 3.63) is 40.4 Å². The first-order chi connectivity index (χ1) is 9.88. The highest BCUT2D eigenvalue weighted by atomic mass is 35.5. The van der Waals surface area contributed by atoms with E-state index >= 15 is 0 Å². The molecule has 0 saturated heterocycles.